The van der Waals surface area contributed by atoms with E-state index in [1.165, 1.54) is 7.11 Å². The first-order chi connectivity index (χ1) is 17.3. The number of ether oxygens (including phenoxy) is 1. The third-order valence-electron chi connectivity index (χ3n) is 5.23. The Bertz CT molecular complexity index is 1500. The Morgan fingerprint density at radius 2 is 1.64 bits per heavy atom. The number of imidazole rings is 1. The van der Waals surface area contributed by atoms with Gasteiger partial charge in [0.2, 0.25) is 15.7 Å². The van der Waals surface area contributed by atoms with Crippen LogP contribution in [0.1, 0.15) is 15.9 Å². The zero-order chi connectivity index (χ0) is 25.7. The molecule has 0 saturated carbocycles. The van der Waals surface area contributed by atoms with E-state index in [1.807, 2.05) is 37.3 Å². The van der Waals surface area contributed by atoms with Crippen LogP contribution in [0.4, 0.5) is 5.69 Å². The molecular weight excluding hydrogens is 498 g/mol. The van der Waals surface area contributed by atoms with E-state index < -0.39 is 21.7 Å². The number of aryl methyl sites for hydroxylation is 1. The van der Waals surface area contributed by atoms with Gasteiger partial charge in [0.1, 0.15) is 10.9 Å². The number of carbonyl (C=O) groups excluding carboxylic acids is 2. The molecule has 0 spiro atoms. The van der Waals surface area contributed by atoms with Gasteiger partial charge in [0.05, 0.1) is 29.0 Å². The monoisotopic (exact) mass is 521 g/mol. The smallest absolute Gasteiger partial charge is 0.339 e. The zero-order valence-corrected chi connectivity index (χ0v) is 21.2. The second kappa shape index (κ2) is 10.8. The lowest BCUT2D eigenvalue weighted by atomic mass is 10.2. The molecular formula is C26H23N3O5S2. The number of rotatable bonds is 8. The van der Waals surface area contributed by atoms with Crippen molar-refractivity contribution >= 4 is 39.2 Å². The molecule has 0 aliphatic rings. The van der Waals surface area contributed by atoms with Crippen LogP contribution in [0, 0.1) is 6.92 Å². The average Bonchev–Trinajstić information content (AvgIpc) is 3.33. The highest BCUT2D eigenvalue weighted by Crippen LogP contribution is 2.32. The summed E-state index contributed by atoms with van der Waals surface area (Å²) in [4.78, 5) is 32.3. The molecule has 0 fully saturated rings. The molecule has 0 atom stereocenters. The third kappa shape index (κ3) is 5.50. The number of carbonyl (C=O) groups is 2. The number of esters is 1. The largest absolute Gasteiger partial charge is 0.465 e. The number of methoxy groups -OCH3 is 1. The van der Waals surface area contributed by atoms with Crippen LogP contribution in [0.3, 0.4) is 0 Å². The van der Waals surface area contributed by atoms with E-state index in [4.69, 9.17) is 4.74 Å². The van der Waals surface area contributed by atoms with Gasteiger partial charge in [0, 0.05) is 5.56 Å². The van der Waals surface area contributed by atoms with Crippen LogP contribution in [-0.4, -0.2) is 43.1 Å². The van der Waals surface area contributed by atoms with Crippen LogP contribution in [0.5, 0.6) is 0 Å². The van der Waals surface area contributed by atoms with Crippen molar-refractivity contribution in [1.82, 2.24) is 9.97 Å². The molecule has 3 aromatic carbocycles. The molecule has 8 nitrogen and oxygen atoms in total. The molecule has 0 radical (unpaired) electrons. The molecule has 36 heavy (non-hydrogen) atoms. The number of anilines is 1. The number of benzene rings is 3. The number of hydrogen-bond acceptors (Lipinski definition) is 7. The summed E-state index contributed by atoms with van der Waals surface area (Å²) in [6.45, 7) is 1.87. The highest BCUT2D eigenvalue weighted by atomic mass is 32.2. The van der Waals surface area contributed by atoms with E-state index in [9.17, 15) is 18.0 Å². The van der Waals surface area contributed by atoms with Gasteiger partial charge < -0.3 is 15.0 Å². The summed E-state index contributed by atoms with van der Waals surface area (Å²) in [5.41, 5.74) is 2.16. The van der Waals surface area contributed by atoms with Crippen molar-refractivity contribution in [3.63, 3.8) is 0 Å². The molecule has 0 saturated heterocycles. The van der Waals surface area contributed by atoms with E-state index in [1.54, 1.807) is 48.5 Å². The van der Waals surface area contributed by atoms with Crippen LogP contribution in [-0.2, 0) is 19.4 Å². The summed E-state index contributed by atoms with van der Waals surface area (Å²) >= 11 is 0.985. The maximum atomic E-state index is 13.5. The quantitative estimate of drug-likeness (QED) is 0.254. The predicted octanol–water partition coefficient (Wildman–Crippen LogP) is 4.74. The number of H-pyrrole nitrogens is 1. The Morgan fingerprint density at radius 3 is 2.33 bits per heavy atom. The number of para-hydroxylation sites is 1. The van der Waals surface area contributed by atoms with Gasteiger partial charge in [0.15, 0.2) is 5.03 Å². The molecule has 0 aliphatic heterocycles. The van der Waals surface area contributed by atoms with Crippen molar-refractivity contribution in [2.75, 3.05) is 18.2 Å². The van der Waals surface area contributed by atoms with Crippen molar-refractivity contribution in [2.24, 2.45) is 0 Å². The molecule has 1 aromatic heterocycles. The Kier molecular flexibility index (Phi) is 7.56. The Morgan fingerprint density at radius 1 is 0.972 bits per heavy atom. The lowest BCUT2D eigenvalue weighted by molar-refractivity contribution is -0.113. The summed E-state index contributed by atoms with van der Waals surface area (Å²) in [6.07, 6.45) is 0. The van der Waals surface area contributed by atoms with E-state index >= 15 is 0 Å². The normalized spacial score (nSPS) is 11.2. The zero-order valence-electron chi connectivity index (χ0n) is 19.5. The number of thioether (sulfide) groups is 1. The number of nitrogens with one attached hydrogen (secondary N) is 2. The van der Waals surface area contributed by atoms with Gasteiger partial charge in [-0.25, -0.2) is 18.2 Å². The lowest BCUT2D eigenvalue weighted by Gasteiger charge is -2.09. The fraction of sp³-hybridized carbons (Fsp3) is 0.115. The average molecular weight is 522 g/mol. The standard InChI is InChI=1S/C26H23N3O5S2/c1-17-12-14-19(15-13-17)36(32,33)25-24(28-23(29-25)18-8-4-3-5-9-18)35-16-22(30)27-21-11-7-6-10-20(21)26(31)34-2/h3-15H,16H2,1-2H3,(H,27,30)(H,28,29). The maximum absolute atomic E-state index is 13.5. The van der Waals surface area contributed by atoms with E-state index in [0.717, 1.165) is 17.3 Å². The molecule has 0 aliphatic carbocycles. The molecule has 1 amide bonds. The third-order valence-corrected chi connectivity index (χ3v) is 8.06. The van der Waals surface area contributed by atoms with Crippen molar-refractivity contribution in [3.8, 4) is 11.4 Å². The number of hydrogen-bond donors (Lipinski definition) is 2. The van der Waals surface area contributed by atoms with Gasteiger partial charge in [-0.15, -0.1) is 0 Å². The first kappa shape index (κ1) is 25.2. The fourth-order valence-electron chi connectivity index (χ4n) is 3.39. The van der Waals surface area contributed by atoms with Crippen LogP contribution in [0.25, 0.3) is 11.4 Å². The minimum Gasteiger partial charge on any atom is -0.465 e. The topological polar surface area (TPSA) is 118 Å². The fourth-order valence-corrected chi connectivity index (χ4v) is 5.81. The van der Waals surface area contributed by atoms with Crippen LogP contribution >= 0.6 is 11.8 Å². The first-order valence-corrected chi connectivity index (χ1v) is 13.3. The van der Waals surface area contributed by atoms with Gasteiger partial charge in [-0.3, -0.25) is 4.79 Å². The summed E-state index contributed by atoms with van der Waals surface area (Å²) in [5, 5.41) is 2.77. The Balaban J connectivity index is 1.62. The summed E-state index contributed by atoms with van der Waals surface area (Å²) < 4.78 is 31.7. The van der Waals surface area contributed by atoms with E-state index in [2.05, 4.69) is 15.3 Å². The molecule has 0 unspecified atom stereocenters. The second-order valence-electron chi connectivity index (χ2n) is 7.78. The highest BCUT2D eigenvalue weighted by molar-refractivity contribution is 8.00. The van der Waals surface area contributed by atoms with E-state index in [0.29, 0.717) is 17.1 Å². The number of nitrogens with zero attached hydrogens (tertiary/aromatic N) is 1. The van der Waals surface area contributed by atoms with Crippen molar-refractivity contribution in [3.05, 3.63) is 90.0 Å². The minimum absolute atomic E-state index is 0.0852. The molecule has 4 aromatic rings. The minimum atomic E-state index is -3.93. The molecule has 4 rings (SSSR count). The van der Waals surface area contributed by atoms with Crippen molar-refractivity contribution < 1.29 is 22.7 Å². The second-order valence-corrected chi connectivity index (χ2v) is 10.6. The van der Waals surface area contributed by atoms with Gasteiger partial charge in [0.25, 0.3) is 0 Å². The summed E-state index contributed by atoms with van der Waals surface area (Å²) in [7, 11) is -2.67. The van der Waals surface area contributed by atoms with Crippen LogP contribution < -0.4 is 5.32 Å². The molecule has 184 valence electrons. The Hall–Kier alpha value is -3.89. The maximum Gasteiger partial charge on any atom is 0.339 e. The highest BCUT2D eigenvalue weighted by Gasteiger charge is 2.27. The number of aromatic nitrogens is 2. The van der Waals surface area contributed by atoms with Gasteiger partial charge in [-0.1, -0.05) is 71.9 Å². The Labute approximate surface area is 213 Å². The van der Waals surface area contributed by atoms with Gasteiger partial charge in [-0.05, 0) is 31.2 Å². The number of amides is 1. The van der Waals surface area contributed by atoms with Crippen molar-refractivity contribution in [1.29, 1.82) is 0 Å². The van der Waals surface area contributed by atoms with Gasteiger partial charge in [-0.2, -0.15) is 0 Å². The van der Waals surface area contributed by atoms with Crippen LogP contribution in [0.15, 0.2) is 93.8 Å². The number of sulfone groups is 1. The van der Waals surface area contributed by atoms with Gasteiger partial charge >= 0.3 is 5.97 Å². The van der Waals surface area contributed by atoms with E-state index in [-0.39, 0.29) is 26.3 Å². The van der Waals surface area contributed by atoms with Crippen LogP contribution in [0.2, 0.25) is 0 Å². The molecule has 1 heterocycles. The molecule has 2 N–H and O–H groups in total. The number of aromatic amines is 1. The summed E-state index contributed by atoms with van der Waals surface area (Å²) in [5.74, 6) is -0.769. The molecule has 10 heteroatoms. The lowest BCUT2D eigenvalue weighted by Crippen LogP contribution is -2.17. The predicted molar refractivity (Wildman–Crippen MR) is 138 cm³/mol. The SMILES string of the molecule is COC(=O)c1ccccc1NC(=O)CSc1nc(-c2ccccc2)[nH]c1S(=O)(=O)c1ccc(C)cc1. The summed E-state index contributed by atoms with van der Waals surface area (Å²) in [6, 6.07) is 22.1. The van der Waals surface area contributed by atoms with Crippen molar-refractivity contribution in [2.45, 2.75) is 21.9 Å². The molecule has 0 bridgehead atoms. The first-order valence-electron chi connectivity index (χ1n) is 10.9.